The second kappa shape index (κ2) is 7.53. The Bertz CT molecular complexity index is 1080. The lowest BCUT2D eigenvalue weighted by Gasteiger charge is -2.15. The molecule has 0 bridgehead atoms. The van der Waals surface area contributed by atoms with Gasteiger partial charge in [0.1, 0.15) is 0 Å². The molecule has 0 aliphatic carbocycles. The molecule has 3 aromatic rings. The maximum atomic E-state index is 13.9. The van der Waals surface area contributed by atoms with Gasteiger partial charge >= 0.3 is 6.61 Å². The third-order valence-corrected chi connectivity index (χ3v) is 4.53. The van der Waals surface area contributed by atoms with Crippen molar-refractivity contribution >= 4 is 5.91 Å². The predicted octanol–water partition coefficient (Wildman–Crippen LogP) is 2.59. The molecule has 150 valence electrons. The monoisotopic (exact) mass is 403 g/mol. The molecule has 0 fully saturated rings. The molecule has 29 heavy (non-hydrogen) atoms. The minimum absolute atomic E-state index is 0.142. The smallest absolute Gasteiger partial charge is 0.388 e. The van der Waals surface area contributed by atoms with E-state index in [4.69, 9.17) is 0 Å². The van der Waals surface area contributed by atoms with Gasteiger partial charge in [-0.2, -0.15) is 13.9 Å². The highest BCUT2D eigenvalue weighted by Crippen LogP contribution is 2.23. The van der Waals surface area contributed by atoms with Crippen molar-refractivity contribution in [3.63, 3.8) is 0 Å². The fourth-order valence-corrected chi connectivity index (χ4v) is 3.33. The standard InChI is InChI=1S/C19H16F3N5O2/c1-10-16-15(3-5-24-17(16)28)27(26-10)13-2-4-23-12(8-13)6-11-7-14(20)18(25-9-11)29-19(21)22/h2,4,7-9,19H,3,5-6H2,1H3,(H,24,28). The molecule has 4 rings (SSSR count). The van der Waals surface area contributed by atoms with Gasteiger partial charge in [0.15, 0.2) is 5.82 Å². The van der Waals surface area contributed by atoms with Crippen molar-refractivity contribution in [2.24, 2.45) is 0 Å². The lowest BCUT2D eigenvalue weighted by atomic mass is 10.1. The van der Waals surface area contributed by atoms with Crippen LogP contribution < -0.4 is 10.1 Å². The zero-order valence-corrected chi connectivity index (χ0v) is 15.3. The number of alkyl halides is 2. The normalized spacial score (nSPS) is 13.3. The van der Waals surface area contributed by atoms with Gasteiger partial charge in [-0.05, 0) is 30.7 Å². The summed E-state index contributed by atoms with van der Waals surface area (Å²) in [4.78, 5) is 20.0. The summed E-state index contributed by atoms with van der Waals surface area (Å²) >= 11 is 0. The number of aromatic nitrogens is 4. The molecular formula is C19H16F3N5O2. The van der Waals surface area contributed by atoms with Crippen LogP contribution in [-0.4, -0.2) is 38.8 Å². The van der Waals surface area contributed by atoms with E-state index in [0.29, 0.717) is 35.5 Å². The highest BCUT2D eigenvalue weighted by atomic mass is 19.3. The Morgan fingerprint density at radius 3 is 2.90 bits per heavy atom. The van der Waals surface area contributed by atoms with Crippen LogP contribution in [0.15, 0.2) is 30.6 Å². The molecular weight excluding hydrogens is 387 g/mol. The summed E-state index contributed by atoms with van der Waals surface area (Å²) in [6.07, 6.45) is 3.74. The number of hydrogen-bond donors (Lipinski definition) is 1. The van der Waals surface area contributed by atoms with E-state index < -0.39 is 18.3 Å². The molecule has 0 saturated carbocycles. The lowest BCUT2D eigenvalue weighted by molar-refractivity contribution is -0.0553. The van der Waals surface area contributed by atoms with Crippen molar-refractivity contribution in [3.05, 3.63) is 64.6 Å². The number of nitrogens with one attached hydrogen (secondary N) is 1. The van der Waals surface area contributed by atoms with Crippen LogP contribution in [0.4, 0.5) is 13.2 Å². The number of fused-ring (bicyclic) bond motifs is 1. The number of carbonyl (C=O) groups is 1. The quantitative estimate of drug-likeness (QED) is 0.708. The first-order valence-corrected chi connectivity index (χ1v) is 8.83. The van der Waals surface area contributed by atoms with Gasteiger partial charge in [0, 0.05) is 37.5 Å². The van der Waals surface area contributed by atoms with Gasteiger partial charge < -0.3 is 10.1 Å². The van der Waals surface area contributed by atoms with Gasteiger partial charge in [-0.25, -0.2) is 14.1 Å². The van der Waals surface area contributed by atoms with E-state index >= 15 is 0 Å². The zero-order chi connectivity index (χ0) is 20.5. The van der Waals surface area contributed by atoms with E-state index in [1.807, 2.05) is 0 Å². The Labute approximate surface area is 163 Å². The first kappa shape index (κ1) is 18.9. The molecule has 10 heteroatoms. The van der Waals surface area contributed by atoms with Crippen LogP contribution in [0.3, 0.4) is 0 Å². The highest BCUT2D eigenvalue weighted by Gasteiger charge is 2.25. The number of ether oxygens (including phenoxy) is 1. The van der Waals surface area contributed by atoms with Crippen molar-refractivity contribution in [3.8, 4) is 11.6 Å². The summed E-state index contributed by atoms with van der Waals surface area (Å²) in [7, 11) is 0. The highest BCUT2D eigenvalue weighted by molar-refractivity contribution is 5.97. The fourth-order valence-electron chi connectivity index (χ4n) is 3.33. The van der Waals surface area contributed by atoms with E-state index in [9.17, 15) is 18.0 Å². The number of pyridine rings is 2. The molecule has 0 spiro atoms. The van der Waals surface area contributed by atoms with Crippen molar-refractivity contribution in [2.45, 2.75) is 26.4 Å². The average molecular weight is 403 g/mol. The first-order chi connectivity index (χ1) is 13.9. The molecule has 4 heterocycles. The largest absolute Gasteiger partial charge is 0.414 e. The molecule has 7 nitrogen and oxygen atoms in total. The van der Waals surface area contributed by atoms with E-state index in [-0.39, 0.29) is 12.3 Å². The Kier molecular flexibility index (Phi) is 4.91. The number of nitrogens with zero attached hydrogens (tertiary/aromatic N) is 4. The molecule has 0 saturated heterocycles. The van der Waals surface area contributed by atoms with E-state index in [1.54, 1.807) is 29.9 Å². The van der Waals surface area contributed by atoms with E-state index in [2.05, 4.69) is 25.1 Å². The van der Waals surface area contributed by atoms with E-state index in [0.717, 1.165) is 17.4 Å². The summed E-state index contributed by atoms with van der Waals surface area (Å²) in [5.74, 6) is -1.86. The zero-order valence-electron chi connectivity index (χ0n) is 15.3. The summed E-state index contributed by atoms with van der Waals surface area (Å²) < 4.78 is 44.1. The van der Waals surface area contributed by atoms with Crippen LogP contribution in [0.2, 0.25) is 0 Å². The SMILES string of the molecule is Cc1nn(-c2ccnc(Cc3cnc(OC(F)F)c(F)c3)c2)c2c1C(=O)NCC2. The van der Waals surface area contributed by atoms with Crippen molar-refractivity contribution in [2.75, 3.05) is 6.54 Å². The van der Waals surface area contributed by atoms with Gasteiger partial charge in [-0.15, -0.1) is 0 Å². The summed E-state index contributed by atoms with van der Waals surface area (Å²) in [5.41, 5.74) is 3.82. The molecule has 1 amide bonds. The maximum absolute atomic E-state index is 13.9. The van der Waals surface area contributed by atoms with Crippen LogP contribution in [0.5, 0.6) is 5.88 Å². The van der Waals surface area contributed by atoms with E-state index in [1.165, 1.54) is 6.20 Å². The fraction of sp³-hybridized carbons (Fsp3) is 0.263. The van der Waals surface area contributed by atoms with Gasteiger partial charge in [0.05, 0.1) is 22.6 Å². The number of carbonyl (C=O) groups excluding carboxylic acids is 1. The summed E-state index contributed by atoms with van der Waals surface area (Å²) in [6.45, 7) is -0.834. The average Bonchev–Trinajstić information content (AvgIpc) is 3.02. The van der Waals surface area contributed by atoms with Crippen LogP contribution >= 0.6 is 0 Å². The number of rotatable bonds is 5. The van der Waals surface area contributed by atoms with Crippen molar-refractivity contribution in [1.29, 1.82) is 0 Å². The van der Waals surface area contributed by atoms with Crippen LogP contribution in [-0.2, 0) is 12.8 Å². The number of amides is 1. The second-order valence-corrected chi connectivity index (χ2v) is 6.52. The third kappa shape index (κ3) is 3.78. The number of aryl methyl sites for hydroxylation is 1. The predicted molar refractivity (Wildman–Crippen MR) is 95.8 cm³/mol. The Hall–Kier alpha value is -3.43. The van der Waals surface area contributed by atoms with Gasteiger partial charge in [-0.3, -0.25) is 9.78 Å². The molecule has 0 radical (unpaired) electrons. The lowest BCUT2D eigenvalue weighted by Crippen LogP contribution is -2.32. The Morgan fingerprint density at radius 1 is 1.31 bits per heavy atom. The second-order valence-electron chi connectivity index (χ2n) is 6.52. The molecule has 3 aromatic heterocycles. The summed E-state index contributed by atoms with van der Waals surface area (Å²) in [6, 6.07) is 4.63. The van der Waals surface area contributed by atoms with Crippen molar-refractivity contribution in [1.82, 2.24) is 25.1 Å². The van der Waals surface area contributed by atoms with Gasteiger partial charge in [0.25, 0.3) is 11.8 Å². The van der Waals surface area contributed by atoms with Crippen LogP contribution in [0.1, 0.15) is 33.0 Å². The third-order valence-electron chi connectivity index (χ3n) is 4.53. The Balaban J connectivity index is 1.62. The van der Waals surface area contributed by atoms with Crippen molar-refractivity contribution < 1.29 is 22.7 Å². The van der Waals surface area contributed by atoms with Crippen LogP contribution in [0, 0.1) is 12.7 Å². The minimum Gasteiger partial charge on any atom is -0.414 e. The van der Waals surface area contributed by atoms with Gasteiger partial charge in [-0.1, -0.05) is 0 Å². The Morgan fingerprint density at radius 2 is 2.14 bits per heavy atom. The number of halogens is 3. The topological polar surface area (TPSA) is 81.9 Å². The molecule has 1 N–H and O–H groups in total. The molecule has 1 aliphatic rings. The molecule has 0 aromatic carbocycles. The number of hydrogen-bond acceptors (Lipinski definition) is 5. The van der Waals surface area contributed by atoms with Gasteiger partial charge in [0.2, 0.25) is 0 Å². The molecule has 0 atom stereocenters. The summed E-state index contributed by atoms with van der Waals surface area (Å²) in [5, 5.41) is 7.29. The first-order valence-electron chi connectivity index (χ1n) is 8.83. The molecule has 0 unspecified atom stereocenters. The molecule has 1 aliphatic heterocycles. The maximum Gasteiger partial charge on any atom is 0.388 e. The minimum atomic E-state index is -3.15. The van der Waals surface area contributed by atoms with Crippen LogP contribution in [0.25, 0.3) is 5.69 Å².